The average molecular weight is 353 g/mol. The minimum atomic E-state index is -2.06. The number of fused-ring (bicyclic) bond motifs is 1. The summed E-state index contributed by atoms with van der Waals surface area (Å²) >= 11 is -2.06. The van der Waals surface area contributed by atoms with E-state index in [2.05, 4.69) is 0 Å². The summed E-state index contributed by atoms with van der Waals surface area (Å²) in [5.74, 6) is -0.442. The highest BCUT2D eigenvalue weighted by atomic mass is 32.2. The van der Waals surface area contributed by atoms with Gasteiger partial charge in [-0.15, -0.1) is 0 Å². The molecule has 1 N–H and O–H groups in total. The van der Waals surface area contributed by atoms with Crippen LogP contribution in [0.25, 0.3) is 10.9 Å². The monoisotopic (exact) mass is 353 g/mol. The Balaban J connectivity index is 2.12. The Labute approximate surface area is 143 Å². The fourth-order valence-electron chi connectivity index (χ4n) is 2.83. The zero-order valence-corrected chi connectivity index (χ0v) is 15.2. The molecule has 130 valence electrons. The van der Waals surface area contributed by atoms with Crippen molar-refractivity contribution in [3.05, 3.63) is 30.2 Å². The fourth-order valence-corrected chi connectivity index (χ4v) is 3.21. The summed E-state index contributed by atoms with van der Waals surface area (Å²) in [6.45, 7) is 9.35. The van der Waals surface area contributed by atoms with Gasteiger partial charge in [-0.25, -0.2) is 8.60 Å². The third-order valence-electron chi connectivity index (χ3n) is 5.03. The number of halogens is 1. The molecule has 1 saturated heterocycles. The van der Waals surface area contributed by atoms with Gasteiger partial charge >= 0.3 is 7.12 Å². The number of benzene rings is 1. The summed E-state index contributed by atoms with van der Waals surface area (Å²) in [7, 11) is -0.695. The van der Waals surface area contributed by atoms with Gasteiger partial charge in [0.2, 0.25) is 0 Å². The fraction of sp³-hybridized carbons (Fsp3) is 0.500. The van der Waals surface area contributed by atoms with Gasteiger partial charge in [0.05, 0.1) is 16.7 Å². The van der Waals surface area contributed by atoms with Gasteiger partial charge in [0.15, 0.2) is 11.1 Å². The first-order valence-electron chi connectivity index (χ1n) is 7.79. The van der Waals surface area contributed by atoms with Gasteiger partial charge < -0.3 is 18.4 Å². The summed E-state index contributed by atoms with van der Waals surface area (Å²) in [5.41, 5.74) is 0.0604. The molecule has 2 aromatic rings. The lowest BCUT2D eigenvalue weighted by Crippen LogP contribution is -2.41. The van der Waals surface area contributed by atoms with Crippen LogP contribution in [0.1, 0.15) is 40.0 Å². The van der Waals surface area contributed by atoms with E-state index in [-0.39, 0.29) is 0 Å². The molecule has 1 aromatic carbocycles. The SMILES string of the molecule is CC(n1ccc2c(B3OC(C)(C)C(C)(C)O3)cc(F)cc21)S(=O)O. The van der Waals surface area contributed by atoms with Crippen molar-refractivity contribution in [1.29, 1.82) is 0 Å². The highest BCUT2D eigenvalue weighted by Crippen LogP contribution is 2.37. The first-order chi connectivity index (χ1) is 11.0. The van der Waals surface area contributed by atoms with Crippen molar-refractivity contribution in [2.45, 2.75) is 51.2 Å². The number of aromatic nitrogens is 1. The van der Waals surface area contributed by atoms with Gasteiger partial charge in [0.25, 0.3) is 0 Å². The second kappa shape index (κ2) is 5.66. The van der Waals surface area contributed by atoms with E-state index in [0.29, 0.717) is 11.0 Å². The molecule has 2 atom stereocenters. The highest BCUT2D eigenvalue weighted by molar-refractivity contribution is 7.79. The lowest BCUT2D eigenvalue weighted by molar-refractivity contribution is 0.00578. The normalized spacial score (nSPS) is 22.0. The van der Waals surface area contributed by atoms with Crippen LogP contribution in [0.4, 0.5) is 4.39 Å². The molecule has 0 aliphatic carbocycles. The van der Waals surface area contributed by atoms with Crippen LogP contribution >= 0.6 is 0 Å². The van der Waals surface area contributed by atoms with Gasteiger partial charge in [-0.1, -0.05) is 0 Å². The van der Waals surface area contributed by atoms with Crippen molar-refractivity contribution in [3.63, 3.8) is 0 Å². The first kappa shape index (κ1) is 17.6. The van der Waals surface area contributed by atoms with Crippen molar-refractivity contribution in [2.24, 2.45) is 0 Å². The van der Waals surface area contributed by atoms with E-state index in [1.165, 1.54) is 12.1 Å². The van der Waals surface area contributed by atoms with Crippen LogP contribution < -0.4 is 5.46 Å². The quantitative estimate of drug-likeness (QED) is 0.681. The third-order valence-corrected chi connectivity index (χ3v) is 5.84. The minimum Gasteiger partial charge on any atom is -0.399 e. The van der Waals surface area contributed by atoms with E-state index in [0.717, 1.165) is 5.39 Å². The maximum atomic E-state index is 14.2. The highest BCUT2D eigenvalue weighted by Gasteiger charge is 2.52. The van der Waals surface area contributed by atoms with Crippen molar-refractivity contribution >= 4 is 34.6 Å². The number of hydrogen-bond donors (Lipinski definition) is 1. The molecule has 0 bridgehead atoms. The molecule has 0 spiro atoms. The minimum absolute atomic E-state index is 0.442. The predicted molar refractivity (Wildman–Crippen MR) is 93.1 cm³/mol. The Bertz CT molecular complexity index is 804. The first-order valence-corrected chi connectivity index (χ1v) is 8.96. The topological polar surface area (TPSA) is 60.7 Å². The van der Waals surface area contributed by atoms with Crippen LogP contribution in [0.5, 0.6) is 0 Å². The Kier molecular flexibility index (Phi) is 4.15. The lowest BCUT2D eigenvalue weighted by atomic mass is 9.77. The number of hydrogen-bond acceptors (Lipinski definition) is 3. The average Bonchev–Trinajstić information content (AvgIpc) is 2.95. The number of rotatable bonds is 3. The molecule has 24 heavy (non-hydrogen) atoms. The van der Waals surface area contributed by atoms with Crippen molar-refractivity contribution < 1.29 is 22.5 Å². The second-order valence-electron chi connectivity index (χ2n) is 7.11. The molecule has 0 amide bonds. The standard InChI is InChI=1S/C16H21BFNO4S/c1-10(24(20)21)19-7-6-12-13(8-11(18)9-14(12)19)17-22-15(2,3)16(4,5)23-17/h6-10H,1-5H3,(H,20,21). The van der Waals surface area contributed by atoms with E-state index in [1.807, 2.05) is 27.7 Å². The molecule has 8 heteroatoms. The molecular formula is C16H21BFNO4S. The molecule has 0 saturated carbocycles. The summed E-state index contributed by atoms with van der Waals surface area (Å²) in [6, 6.07) is 4.54. The maximum absolute atomic E-state index is 14.2. The van der Waals surface area contributed by atoms with E-state index >= 15 is 0 Å². The van der Waals surface area contributed by atoms with Gasteiger partial charge in [-0.3, -0.25) is 0 Å². The van der Waals surface area contributed by atoms with Crippen LogP contribution in [0.15, 0.2) is 24.4 Å². The van der Waals surface area contributed by atoms with Gasteiger partial charge in [-0.05, 0) is 63.7 Å². The largest absolute Gasteiger partial charge is 0.495 e. The zero-order valence-electron chi connectivity index (χ0n) is 14.4. The van der Waals surface area contributed by atoms with E-state index in [1.54, 1.807) is 23.8 Å². The Morgan fingerprint density at radius 2 is 1.83 bits per heavy atom. The van der Waals surface area contributed by atoms with Crippen LogP contribution in [-0.2, 0) is 20.4 Å². The van der Waals surface area contributed by atoms with E-state index < -0.39 is 40.6 Å². The summed E-state index contributed by atoms with van der Waals surface area (Å²) < 4.78 is 48.6. The molecular weight excluding hydrogens is 332 g/mol. The van der Waals surface area contributed by atoms with Gasteiger partial charge in [0.1, 0.15) is 11.2 Å². The molecule has 1 fully saturated rings. The Hall–Kier alpha value is -1.22. The summed E-state index contributed by atoms with van der Waals surface area (Å²) in [4.78, 5) is 0. The molecule has 1 aromatic heterocycles. The van der Waals surface area contributed by atoms with Crippen molar-refractivity contribution in [3.8, 4) is 0 Å². The third kappa shape index (κ3) is 2.71. The molecule has 5 nitrogen and oxygen atoms in total. The second-order valence-corrected chi connectivity index (χ2v) is 8.35. The Morgan fingerprint density at radius 3 is 2.38 bits per heavy atom. The van der Waals surface area contributed by atoms with E-state index in [4.69, 9.17) is 9.31 Å². The molecule has 2 unspecified atom stereocenters. The zero-order chi connectivity index (χ0) is 17.9. The van der Waals surface area contributed by atoms with Gasteiger partial charge in [0, 0.05) is 6.20 Å². The molecule has 1 aliphatic rings. The summed E-state index contributed by atoms with van der Waals surface area (Å²) in [6.07, 6.45) is 1.68. The smallest absolute Gasteiger partial charge is 0.399 e. The molecule has 1 aliphatic heterocycles. The van der Waals surface area contributed by atoms with Gasteiger partial charge in [-0.2, -0.15) is 0 Å². The Morgan fingerprint density at radius 1 is 1.25 bits per heavy atom. The maximum Gasteiger partial charge on any atom is 0.495 e. The van der Waals surface area contributed by atoms with Crippen molar-refractivity contribution in [1.82, 2.24) is 4.57 Å². The van der Waals surface area contributed by atoms with Crippen molar-refractivity contribution in [2.75, 3.05) is 0 Å². The number of nitrogens with zero attached hydrogens (tertiary/aromatic N) is 1. The van der Waals surface area contributed by atoms with Crippen LogP contribution in [-0.4, -0.2) is 31.6 Å². The lowest BCUT2D eigenvalue weighted by Gasteiger charge is -2.32. The predicted octanol–water partition coefficient (Wildman–Crippen LogP) is 2.82. The van der Waals surface area contributed by atoms with Crippen LogP contribution in [0.2, 0.25) is 0 Å². The molecule has 3 rings (SSSR count). The molecule has 2 heterocycles. The van der Waals surface area contributed by atoms with Crippen LogP contribution in [0, 0.1) is 5.82 Å². The van der Waals surface area contributed by atoms with Crippen LogP contribution in [0.3, 0.4) is 0 Å². The molecule has 0 radical (unpaired) electrons. The summed E-state index contributed by atoms with van der Waals surface area (Å²) in [5, 5.41) is 0.0580. The van der Waals surface area contributed by atoms with E-state index in [9.17, 15) is 13.2 Å².